The van der Waals surface area contributed by atoms with Crippen LogP contribution in [0.25, 0.3) is 0 Å². The number of carbonyl (C=O) groups excluding carboxylic acids is 2. The van der Waals surface area contributed by atoms with Crippen LogP contribution in [0.1, 0.15) is 41.3 Å². The van der Waals surface area contributed by atoms with Crippen LogP contribution < -0.4 is 14.8 Å². The Morgan fingerprint density at radius 2 is 1.73 bits per heavy atom. The van der Waals surface area contributed by atoms with E-state index in [1.54, 1.807) is 19.1 Å². The number of aryl methyl sites for hydroxylation is 1. The molecule has 1 saturated heterocycles. The molecule has 0 spiro atoms. The minimum atomic E-state index is -0.372. The van der Waals surface area contributed by atoms with Gasteiger partial charge in [-0.2, -0.15) is 0 Å². The molecule has 1 heterocycles. The van der Waals surface area contributed by atoms with E-state index >= 15 is 0 Å². The Hall–Kier alpha value is -3.02. The van der Waals surface area contributed by atoms with Crippen LogP contribution in [-0.4, -0.2) is 50.1 Å². The molecular formula is C24H30N2O4. The van der Waals surface area contributed by atoms with Gasteiger partial charge < -0.3 is 19.7 Å². The van der Waals surface area contributed by atoms with Crippen LogP contribution >= 0.6 is 0 Å². The first-order valence-corrected chi connectivity index (χ1v) is 10.2. The molecule has 6 heteroatoms. The summed E-state index contributed by atoms with van der Waals surface area (Å²) in [5.41, 5.74) is 2.60. The van der Waals surface area contributed by atoms with Crippen LogP contribution in [0.5, 0.6) is 11.5 Å². The Kier molecular flexibility index (Phi) is 6.65. The lowest BCUT2D eigenvalue weighted by atomic mass is 9.87. The van der Waals surface area contributed by atoms with Gasteiger partial charge in [-0.3, -0.25) is 9.59 Å². The van der Waals surface area contributed by atoms with Crippen LogP contribution in [0, 0.1) is 12.8 Å². The van der Waals surface area contributed by atoms with E-state index in [2.05, 4.69) is 5.32 Å². The summed E-state index contributed by atoms with van der Waals surface area (Å²) in [6, 6.07) is 13.1. The van der Waals surface area contributed by atoms with E-state index in [1.165, 1.54) is 0 Å². The predicted molar refractivity (Wildman–Crippen MR) is 116 cm³/mol. The minimum Gasteiger partial charge on any atom is -0.497 e. The average Bonchev–Trinajstić information content (AvgIpc) is 3.18. The zero-order valence-electron chi connectivity index (χ0n) is 18.3. The number of likely N-dealkylation sites (tertiary alicyclic amines) is 1. The van der Waals surface area contributed by atoms with Gasteiger partial charge in [-0.05, 0) is 51.1 Å². The molecule has 0 aliphatic carbocycles. The Morgan fingerprint density at radius 3 is 2.33 bits per heavy atom. The molecule has 6 nitrogen and oxygen atoms in total. The lowest BCUT2D eigenvalue weighted by Gasteiger charge is -2.22. The molecule has 0 saturated carbocycles. The number of carbonyl (C=O) groups is 2. The van der Waals surface area contributed by atoms with E-state index in [0.29, 0.717) is 30.2 Å². The monoisotopic (exact) mass is 410 g/mol. The SMILES string of the molecule is COc1ccc(OC)c([C@@H]2CN(C(=O)c3ccc(C)cc3)C[C@@H]2C(=O)NC(C)C)c1. The fourth-order valence-electron chi connectivity index (χ4n) is 3.95. The second-order valence-corrected chi connectivity index (χ2v) is 8.06. The van der Waals surface area contributed by atoms with Crippen LogP contribution in [0.3, 0.4) is 0 Å². The highest BCUT2D eigenvalue weighted by molar-refractivity contribution is 5.95. The third kappa shape index (κ3) is 4.58. The molecule has 2 amide bonds. The molecule has 0 unspecified atom stereocenters. The fourth-order valence-corrected chi connectivity index (χ4v) is 3.95. The van der Waals surface area contributed by atoms with Gasteiger partial charge in [0.2, 0.25) is 5.91 Å². The van der Waals surface area contributed by atoms with Gasteiger partial charge in [0.1, 0.15) is 11.5 Å². The van der Waals surface area contributed by atoms with Crippen molar-refractivity contribution in [2.24, 2.45) is 5.92 Å². The molecule has 1 fully saturated rings. The molecular weight excluding hydrogens is 380 g/mol. The predicted octanol–water partition coefficient (Wildman–Crippen LogP) is 3.39. The Labute approximate surface area is 178 Å². The fraction of sp³-hybridized carbons (Fsp3) is 0.417. The number of nitrogens with zero attached hydrogens (tertiary/aromatic N) is 1. The van der Waals surface area contributed by atoms with Crippen LogP contribution in [0.2, 0.25) is 0 Å². The molecule has 0 bridgehead atoms. The van der Waals surface area contributed by atoms with Gasteiger partial charge in [0.15, 0.2) is 0 Å². The zero-order valence-corrected chi connectivity index (χ0v) is 18.3. The molecule has 2 aromatic rings. The summed E-state index contributed by atoms with van der Waals surface area (Å²) < 4.78 is 11.0. The van der Waals surface area contributed by atoms with Crippen molar-refractivity contribution in [2.75, 3.05) is 27.3 Å². The molecule has 1 N–H and O–H groups in total. The summed E-state index contributed by atoms with van der Waals surface area (Å²) >= 11 is 0. The molecule has 0 radical (unpaired) electrons. The number of rotatable bonds is 6. The number of amides is 2. The maximum Gasteiger partial charge on any atom is 0.253 e. The van der Waals surface area contributed by atoms with Crippen LogP contribution in [0.15, 0.2) is 42.5 Å². The van der Waals surface area contributed by atoms with Gasteiger partial charge >= 0.3 is 0 Å². The lowest BCUT2D eigenvalue weighted by Crippen LogP contribution is -2.39. The summed E-state index contributed by atoms with van der Waals surface area (Å²) in [5.74, 6) is 0.691. The lowest BCUT2D eigenvalue weighted by molar-refractivity contribution is -0.125. The molecule has 1 aliphatic rings. The van der Waals surface area contributed by atoms with Crippen molar-refractivity contribution in [1.82, 2.24) is 10.2 Å². The topological polar surface area (TPSA) is 67.9 Å². The summed E-state index contributed by atoms with van der Waals surface area (Å²) in [4.78, 5) is 27.9. The van der Waals surface area contributed by atoms with Crippen molar-refractivity contribution in [3.05, 3.63) is 59.2 Å². The number of hydrogen-bond donors (Lipinski definition) is 1. The Balaban J connectivity index is 1.96. The molecule has 30 heavy (non-hydrogen) atoms. The second-order valence-electron chi connectivity index (χ2n) is 8.06. The highest BCUT2D eigenvalue weighted by Crippen LogP contribution is 2.40. The Bertz CT molecular complexity index is 908. The first-order chi connectivity index (χ1) is 14.3. The van der Waals surface area contributed by atoms with E-state index < -0.39 is 0 Å². The third-order valence-electron chi connectivity index (χ3n) is 5.51. The summed E-state index contributed by atoms with van der Waals surface area (Å²) in [5, 5.41) is 3.01. The summed E-state index contributed by atoms with van der Waals surface area (Å²) in [6.45, 7) is 6.65. The van der Waals surface area contributed by atoms with Crippen molar-refractivity contribution in [3.63, 3.8) is 0 Å². The molecule has 3 rings (SSSR count). The molecule has 2 aromatic carbocycles. The number of ether oxygens (including phenoxy) is 2. The van der Waals surface area contributed by atoms with Gasteiger partial charge in [-0.25, -0.2) is 0 Å². The van der Waals surface area contributed by atoms with E-state index in [4.69, 9.17) is 9.47 Å². The minimum absolute atomic E-state index is 0.0206. The molecule has 0 aromatic heterocycles. The molecule has 1 aliphatic heterocycles. The van der Waals surface area contributed by atoms with Gasteiger partial charge in [0.25, 0.3) is 5.91 Å². The first kappa shape index (κ1) is 21.7. The summed E-state index contributed by atoms with van der Waals surface area (Å²) in [7, 11) is 3.22. The van der Waals surface area contributed by atoms with Crippen molar-refractivity contribution < 1.29 is 19.1 Å². The highest BCUT2D eigenvalue weighted by Gasteiger charge is 2.42. The maximum absolute atomic E-state index is 13.1. The highest BCUT2D eigenvalue weighted by atomic mass is 16.5. The van der Waals surface area contributed by atoms with Gasteiger partial charge in [-0.1, -0.05) is 17.7 Å². The van der Waals surface area contributed by atoms with E-state index in [0.717, 1.165) is 11.1 Å². The van der Waals surface area contributed by atoms with E-state index in [1.807, 2.05) is 63.2 Å². The smallest absolute Gasteiger partial charge is 0.253 e. The van der Waals surface area contributed by atoms with Crippen molar-refractivity contribution in [3.8, 4) is 11.5 Å². The maximum atomic E-state index is 13.1. The Morgan fingerprint density at radius 1 is 1.03 bits per heavy atom. The van der Waals surface area contributed by atoms with Crippen molar-refractivity contribution >= 4 is 11.8 Å². The standard InChI is InChI=1S/C24H30N2O4/c1-15(2)25-23(27)21-14-26(24(28)17-8-6-16(3)7-9-17)13-20(21)19-12-18(29-4)10-11-22(19)30-5/h6-12,15,20-21H,13-14H2,1-5H3,(H,25,27)/t20-,21-/m0/s1. The zero-order chi connectivity index (χ0) is 21.8. The molecule has 160 valence electrons. The van der Waals surface area contributed by atoms with Crippen LogP contribution in [-0.2, 0) is 4.79 Å². The quantitative estimate of drug-likeness (QED) is 0.793. The van der Waals surface area contributed by atoms with Gasteiger partial charge in [0.05, 0.1) is 20.1 Å². The van der Waals surface area contributed by atoms with Gasteiger partial charge in [0, 0.05) is 36.2 Å². The normalized spacial score (nSPS) is 18.4. The largest absolute Gasteiger partial charge is 0.497 e. The van der Waals surface area contributed by atoms with Crippen molar-refractivity contribution in [2.45, 2.75) is 32.7 Å². The number of hydrogen-bond acceptors (Lipinski definition) is 4. The number of methoxy groups -OCH3 is 2. The van der Waals surface area contributed by atoms with E-state index in [-0.39, 0.29) is 29.7 Å². The number of benzene rings is 2. The molecule has 2 atom stereocenters. The first-order valence-electron chi connectivity index (χ1n) is 10.2. The third-order valence-corrected chi connectivity index (χ3v) is 5.51. The van der Waals surface area contributed by atoms with E-state index in [9.17, 15) is 9.59 Å². The number of nitrogens with one attached hydrogen (secondary N) is 1. The average molecular weight is 411 g/mol. The second kappa shape index (κ2) is 9.20. The van der Waals surface area contributed by atoms with Crippen LogP contribution in [0.4, 0.5) is 0 Å². The van der Waals surface area contributed by atoms with Gasteiger partial charge in [-0.15, -0.1) is 0 Å². The van der Waals surface area contributed by atoms with Crippen molar-refractivity contribution in [1.29, 1.82) is 0 Å². The summed E-state index contributed by atoms with van der Waals surface area (Å²) in [6.07, 6.45) is 0.